The van der Waals surface area contributed by atoms with Crippen molar-refractivity contribution >= 4 is 0 Å². The van der Waals surface area contributed by atoms with Crippen molar-refractivity contribution in [3.8, 4) is 11.4 Å². The fourth-order valence-electron chi connectivity index (χ4n) is 1.72. The van der Waals surface area contributed by atoms with Crippen LogP contribution in [0.3, 0.4) is 0 Å². The van der Waals surface area contributed by atoms with Crippen LogP contribution < -0.4 is 0 Å². The van der Waals surface area contributed by atoms with E-state index in [1.54, 1.807) is 12.1 Å². The summed E-state index contributed by atoms with van der Waals surface area (Å²) in [5.74, 6) is 0.916. The Bertz CT molecular complexity index is 493. The van der Waals surface area contributed by atoms with E-state index in [2.05, 4.69) is 10.2 Å². The average molecular weight is 235 g/mol. The van der Waals surface area contributed by atoms with E-state index >= 15 is 0 Å². The largest absolute Gasteiger partial charge is 0.388 e. The summed E-state index contributed by atoms with van der Waals surface area (Å²) in [6.07, 6.45) is 0.916. The zero-order chi connectivity index (χ0) is 12.3. The van der Waals surface area contributed by atoms with Gasteiger partial charge in [0.2, 0.25) is 0 Å². The molecule has 0 fully saturated rings. The predicted molar refractivity (Wildman–Crippen MR) is 61.6 cm³/mol. The third-order valence-corrected chi connectivity index (χ3v) is 2.52. The van der Waals surface area contributed by atoms with E-state index in [4.69, 9.17) is 5.11 Å². The van der Waals surface area contributed by atoms with Gasteiger partial charge >= 0.3 is 0 Å². The molecule has 0 amide bonds. The summed E-state index contributed by atoms with van der Waals surface area (Å²) in [4.78, 5) is 0. The van der Waals surface area contributed by atoms with Crippen LogP contribution in [0.5, 0.6) is 0 Å². The van der Waals surface area contributed by atoms with Crippen molar-refractivity contribution in [2.75, 3.05) is 0 Å². The van der Waals surface area contributed by atoms with Gasteiger partial charge in [-0.3, -0.25) is 0 Å². The van der Waals surface area contributed by atoms with Gasteiger partial charge in [-0.2, -0.15) is 0 Å². The van der Waals surface area contributed by atoms with Gasteiger partial charge in [0.05, 0.1) is 0 Å². The lowest BCUT2D eigenvalue weighted by atomic mass is 10.2. The van der Waals surface area contributed by atoms with Crippen LogP contribution in [0.25, 0.3) is 11.4 Å². The molecular formula is C12H14FN3O. The van der Waals surface area contributed by atoms with Crippen molar-refractivity contribution in [2.45, 2.75) is 26.5 Å². The number of halogens is 1. The lowest BCUT2D eigenvalue weighted by Crippen LogP contribution is -2.05. The van der Waals surface area contributed by atoms with E-state index in [0.717, 1.165) is 18.5 Å². The second kappa shape index (κ2) is 5.05. The topological polar surface area (TPSA) is 50.9 Å². The van der Waals surface area contributed by atoms with Crippen LogP contribution in [0.2, 0.25) is 0 Å². The van der Waals surface area contributed by atoms with E-state index in [-0.39, 0.29) is 12.4 Å². The molecule has 5 heteroatoms. The number of aliphatic hydroxyl groups excluding tert-OH is 1. The molecule has 0 aliphatic heterocycles. The highest BCUT2D eigenvalue weighted by molar-refractivity contribution is 5.55. The van der Waals surface area contributed by atoms with Gasteiger partial charge in [0.15, 0.2) is 11.6 Å². The van der Waals surface area contributed by atoms with Gasteiger partial charge in [-0.25, -0.2) is 4.39 Å². The zero-order valence-corrected chi connectivity index (χ0v) is 9.60. The first-order valence-electron chi connectivity index (χ1n) is 5.55. The Morgan fingerprint density at radius 3 is 2.53 bits per heavy atom. The molecule has 0 aliphatic carbocycles. The molecule has 1 N–H and O–H groups in total. The maximum absolute atomic E-state index is 12.8. The lowest BCUT2D eigenvalue weighted by Gasteiger charge is -2.07. The van der Waals surface area contributed by atoms with Crippen LogP contribution in [0.15, 0.2) is 24.3 Å². The highest BCUT2D eigenvalue weighted by atomic mass is 19.1. The molecule has 1 aromatic carbocycles. The Kier molecular flexibility index (Phi) is 3.49. The molecule has 90 valence electrons. The van der Waals surface area contributed by atoms with E-state index in [9.17, 15) is 4.39 Å². The van der Waals surface area contributed by atoms with Crippen LogP contribution in [0.1, 0.15) is 19.2 Å². The molecule has 0 saturated heterocycles. The third kappa shape index (κ3) is 2.34. The standard InChI is InChI=1S/C12H14FN3O/c1-2-7-16-11(8-17)14-15-12(16)9-3-5-10(13)6-4-9/h3-6,17H,2,7-8H2,1H3. The van der Waals surface area contributed by atoms with Crippen molar-refractivity contribution < 1.29 is 9.50 Å². The van der Waals surface area contributed by atoms with Gasteiger partial charge in [-0.15, -0.1) is 10.2 Å². The van der Waals surface area contributed by atoms with Crippen LogP contribution in [0, 0.1) is 5.82 Å². The summed E-state index contributed by atoms with van der Waals surface area (Å²) < 4.78 is 14.7. The molecule has 1 aromatic heterocycles. The van der Waals surface area contributed by atoms with Crippen LogP contribution in [0.4, 0.5) is 4.39 Å². The van der Waals surface area contributed by atoms with Crippen molar-refractivity contribution in [1.82, 2.24) is 14.8 Å². The fraction of sp³-hybridized carbons (Fsp3) is 0.333. The van der Waals surface area contributed by atoms with E-state index in [0.29, 0.717) is 11.6 Å². The Labute approximate surface area is 98.7 Å². The Balaban J connectivity index is 2.43. The third-order valence-electron chi connectivity index (χ3n) is 2.52. The maximum atomic E-state index is 12.8. The van der Waals surface area contributed by atoms with Gasteiger partial charge in [-0.1, -0.05) is 6.92 Å². The van der Waals surface area contributed by atoms with Crippen molar-refractivity contribution in [3.05, 3.63) is 35.9 Å². The molecule has 0 saturated carbocycles. The molecule has 2 rings (SSSR count). The average Bonchev–Trinajstić information content (AvgIpc) is 2.74. The van der Waals surface area contributed by atoms with Gasteiger partial charge in [-0.05, 0) is 30.7 Å². The van der Waals surface area contributed by atoms with Crippen molar-refractivity contribution in [3.63, 3.8) is 0 Å². The molecule has 0 aliphatic rings. The summed E-state index contributed by atoms with van der Waals surface area (Å²) in [6.45, 7) is 2.62. The first-order chi connectivity index (χ1) is 8.26. The first kappa shape index (κ1) is 11.7. The molecule has 4 nitrogen and oxygen atoms in total. The predicted octanol–water partition coefficient (Wildman–Crippen LogP) is 1.99. The number of aromatic nitrogens is 3. The summed E-state index contributed by atoms with van der Waals surface area (Å²) in [5, 5.41) is 17.1. The zero-order valence-electron chi connectivity index (χ0n) is 9.60. The molecule has 0 unspecified atom stereocenters. The Morgan fingerprint density at radius 1 is 1.24 bits per heavy atom. The molecule has 2 aromatic rings. The number of aliphatic hydroxyl groups is 1. The number of hydrogen-bond acceptors (Lipinski definition) is 3. The SMILES string of the molecule is CCCn1c(CO)nnc1-c1ccc(F)cc1. The van der Waals surface area contributed by atoms with Gasteiger partial charge < -0.3 is 9.67 Å². The first-order valence-corrected chi connectivity index (χ1v) is 5.55. The quantitative estimate of drug-likeness (QED) is 0.881. The van der Waals surface area contributed by atoms with Gasteiger partial charge in [0, 0.05) is 12.1 Å². The Morgan fingerprint density at radius 2 is 1.94 bits per heavy atom. The van der Waals surface area contributed by atoms with Gasteiger partial charge in [0.25, 0.3) is 0 Å². The maximum Gasteiger partial charge on any atom is 0.164 e. The molecule has 0 atom stereocenters. The normalized spacial score (nSPS) is 10.8. The van der Waals surface area contributed by atoms with E-state index < -0.39 is 0 Å². The monoisotopic (exact) mass is 235 g/mol. The summed E-state index contributed by atoms with van der Waals surface area (Å²) in [5.41, 5.74) is 0.798. The molecule has 0 spiro atoms. The minimum Gasteiger partial charge on any atom is -0.388 e. The van der Waals surface area contributed by atoms with E-state index in [1.165, 1.54) is 12.1 Å². The summed E-state index contributed by atoms with van der Waals surface area (Å²) >= 11 is 0. The number of nitrogens with zero attached hydrogens (tertiary/aromatic N) is 3. The minimum absolute atomic E-state index is 0.145. The van der Waals surface area contributed by atoms with E-state index in [1.807, 2.05) is 11.5 Å². The Hall–Kier alpha value is -1.75. The molecule has 17 heavy (non-hydrogen) atoms. The molecule has 1 heterocycles. The second-order valence-corrected chi connectivity index (χ2v) is 3.76. The smallest absolute Gasteiger partial charge is 0.164 e. The van der Waals surface area contributed by atoms with Crippen molar-refractivity contribution in [2.24, 2.45) is 0 Å². The summed E-state index contributed by atoms with van der Waals surface area (Å²) in [6, 6.07) is 6.09. The molecule has 0 bridgehead atoms. The summed E-state index contributed by atoms with van der Waals surface area (Å²) in [7, 11) is 0. The number of rotatable bonds is 4. The lowest BCUT2D eigenvalue weighted by molar-refractivity contribution is 0.264. The fourth-order valence-corrected chi connectivity index (χ4v) is 1.72. The van der Waals surface area contributed by atoms with Crippen LogP contribution in [-0.2, 0) is 13.2 Å². The van der Waals surface area contributed by atoms with Crippen LogP contribution >= 0.6 is 0 Å². The van der Waals surface area contributed by atoms with Crippen LogP contribution in [-0.4, -0.2) is 19.9 Å². The number of hydrogen-bond donors (Lipinski definition) is 1. The highest BCUT2D eigenvalue weighted by Gasteiger charge is 2.12. The van der Waals surface area contributed by atoms with Gasteiger partial charge in [0.1, 0.15) is 12.4 Å². The molecular weight excluding hydrogens is 221 g/mol. The van der Waals surface area contributed by atoms with Crippen molar-refractivity contribution in [1.29, 1.82) is 0 Å². The second-order valence-electron chi connectivity index (χ2n) is 3.76. The highest BCUT2D eigenvalue weighted by Crippen LogP contribution is 2.19. The minimum atomic E-state index is -0.280. The number of benzene rings is 1. The molecule has 0 radical (unpaired) electrons.